The molecule has 2 heterocycles. The van der Waals surface area contributed by atoms with Crippen molar-refractivity contribution >= 4 is 21.6 Å². The van der Waals surface area contributed by atoms with Crippen LogP contribution in [0.2, 0.25) is 0 Å². The van der Waals surface area contributed by atoms with Crippen molar-refractivity contribution < 1.29 is 17.7 Å². The van der Waals surface area contributed by atoms with Crippen molar-refractivity contribution in [2.24, 2.45) is 5.14 Å². The Kier molecular flexibility index (Phi) is 3.45. The van der Waals surface area contributed by atoms with Crippen molar-refractivity contribution in [2.45, 2.75) is 18.6 Å². The molecule has 0 bridgehead atoms. The molecule has 1 saturated heterocycles. The second kappa shape index (κ2) is 5.18. The molecule has 22 heavy (non-hydrogen) atoms. The predicted molar refractivity (Wildman–Crippen MR) is 78.3 cm³/mol. The Morgan fingerprint density at radius 3 is 2.77 bits per heavy atom. The zero-order valence-electron chi connectivity index (χ0n) is 11.8. The number of rotatable bonds is 3. The fourth-order valence-corrected chi connectivity index (χ4v) is 3.11. The Morgan fingerprint density at radius 1 is 1.41 bits per heavy atom. The molecule has 2 aromatic rings. The van der Waals surface area contributed by atoms with Gasteiger partial charge in [0.2, 0.25) is 27.6 Å². The van der Waals surface area contributed by atoms with Crippen molar-refractivity contribution in [3.63, 3.8) is 0 Å². The first kappa shape index (κ1) is 14.7. The Morgan fingerprint density at radius 2 is 2.18 bits per heavy atom. The first-order valence-corrected chi connectivity index (χ1v) is 8.18. The van der Waals surface area contributed by atoms with E-state index in [1.807, 2.05) is 0 Å². The highest BCUT2D eigenvalue weighted by molar-refractivity contribution is 7.89. The molecule has 0 radical (unpaired) electrons. The minimum Gasteiger partial charge on any atom is -0.339 e. The lowest BCUT2D eigenvalue weighted by Crippen LogP contribution is -2.32. The lowest BCUT2D eigenvalue weighted by molar-refractivity contribution is -0.117. The quantitative estimate of drug-likeness (QED) is 0.875. The summed E-state index contributed by atoms with van der Waals surface area (Å²) in [6, 6.07) is 6.97. The lowest BCUT2D eigenvalue weighted by atomic mass is 10.2. The van der Waals surface area contributed by atoms with E-state index in [2.05, 4.69) is 10.1 Å². The maximum Gasteiger partial charge on any atom is 0.228 e. The molecular formula is C13H14N4O4S. The summed E-state index contributed by atoms with van der Waals surface area (Å²) in [5, 5.41) is 8.07. The number of aryl methyl sites for hydroxylation is 1. The van der Waals surface area contributed by atoms with Crippen molar-refractivity contribution in [1.82, 2.24) is 10.1 Å². The molecule has 1 unspecified atom stereocenters. The van der Waals surface area contributed by atoms with Crippen molar-refractivity contribution in [2.75, 3.05) is 11.4 Å². The number of benzene rings is 1. The third kappa shape index (κ3) is 2.72. The summed E-state index contributed by atoms with van der Waals surface area (Å²) in [6.45, 7) is 1.73. The molecule has 0 aliphatic carbocycles. The van der Waals surface area contributed by atoms with E-state index in [1.54, 1.807) is 31.2 Å². The second-order valence-electron chi connectivity index (χ2n) is 5.11. The number of nitrogens with two attached hydrogens (primary N) is 1. The van der Waals surface area contributed by atoms with Gasteiger partial charge in [-0.25, -0.2) is 13.6 Å². The van der Waals surface area contributed by atoms with Gasteiger partial charge in [0.05, 0.1) is 0 Å². The van der Waals surface area contributed by atoms with Crippen LogP contribution in [-0.2, 0) is 14.8 Å². The molecule has 1 aromatic carbocycles. The number of nitrogens with zero attached hydrogens (tertiary/aromatic N) is 3. The topological polar surface area (TPSA) is 119 Å². The fraction of sp³-hybridized carbons (Fsp3) is 0.308. The van der Waals surface area contributed by atoms with Crippen molar-refractivity contribution in [1.29, 1.82) is 0 Å². The van der Waals surface area contributed by atoms with Gasteiger partial charge >= 0.3 is 0 Å². The summed E-state index contributed by atoms with van der Waals surface area (Å²) in [4.78, 5) is 17.6. The van der Waals surface area contributed by atoms with Gasteiger partial charge in [-0.15, -0.1) is 0 Å². The number of anilines is 1. The van der Waals surface area contributed by atoms with E-state index in [-0.39, 0.29) is 18.9 Å². The van der Waals surface area contributed by atoms with Gasteiger partial charge in [-0.3, -0.25) is 4.79 Å². The molecule has 9 heteroatoms. The van der Waals surface area contributed by atoms with Gasteiger partial charge in [0.1, 0.15) is 5.25 Å². The molecule has 1 amide bonds. The van der Waals surface area contributed by atoms with Gasteiger partial charge in [0.15, 0.2) is 0 Å². The first-order chi connectivity index (χ1) is 10.3. The SMILES string of the molecule is Cc1nc(-c2cccc(N3CC(S(N)(=O)=O)CC3=O)c2)no1. The van der Waals surface area contributed by atoms with Gasteiger partial charge in [-0.05, 0) is 12.1 Å². The summed E-state index contributed by atoms with van der Waals surface area (Å²) < 4.78 is 27.8. The van der Waals surface area contributed by atoms with Crippen LogP contribution in [0.25, 0.3) is 11.4 Å². The third-order valence-electron chi connectivity index (χ3n) is 3.50. The van der Waals surface area contributed by atoms with Crippen LogP contribution >= 0.6 is 0 Å². The molecule has 1 atom stereocenters. The van der Waals surface area contributed by atoms with Gasteiger partial charge in [-0.1, -0.05) is 17.3 Å². The normalized spacial score (nSPS) is 18.9. The van der Waals surface area contributed by atoms with E-state index in [0.717, 1.165) is 0 Å². The largest absolute Gasteiger partial charge is 0.339 e. The number of aromatic nitrogens is 2. The molecule has 0 saturated carbocycles. The van der Waals surface area contributed by atoms with E-state index in [4.69, 9.17) is 9.66 Å². The molecule has 1 fully saturated rings. The van der Waals surface area contributed by atoms with E-state index in [1.165, 1.54) is 4.90 Å². The minimum absolute atomic E-state index is 0.0480. The number of hydrogen-bond acceptors (Lipinski definition) is 6. The number of carbonyl (C=O) groups excluding carboxylic acids is 1. The van der Waals surface area contributed by atoms with Crippen LogP contribution < -0.4 is 10.0 Å². The standard InChI is InChI=1S/C13H14N4O4S/c1-8-15-13(16-21-8)9-3-2-4-10(5-9)17-7-11(6-12(17)18)22(14,19)20/h2-5,11H,6-7H2,1H3,(H2,14,19,20). The number of amides is 1. The Bertz CT molecular complexity index is 830. The van der Waals surface area contributed by atoms with Crippen LogP contribution in [-0.4, -0.2) is 36.3 Å². The molecule has 116 valence electrons. The average molecular weight is 322 g/mol. The van der Waals surface area contributed by atoms with E-state index in [9.17, 15) is 13.2 Å². The van der Waals surface area contributed by atoms with Gasteiger partial charge in [0.25, 0.3) is 0 Å². The van der Waals surface area contributed by atoms with Crippen LogP contribution in [0.4, 0.5) is 5.69 Å². The average Bonchev–Trinajstić information content (AvgIpc) is 3.05. The van der Waals surface area contributed by atoms with Crippen molar-refractivity contribution in [3.8, 4) is 11.4 Å². The maximum atomic E-state index is 12.0. The number of hydrogen-bond donors (Lipinski definition) is 1. The lowest BCUT2D eigenvalue weighted by Gasteiger charge is -2.16. The molecule has 8 nitrogen and oxygen atoms in total. The van der Waals surface area contributed by atoms with Crippen LogP contribution in [0.15, 0.2) is 28.8 Å². The van der Waals surface area contributed by atoms with E-state index in [0.29, 0.717) is 23.0 Å². The molecule has 1 aliphatic heterocycles. The highest BCUT2D eigenvalue weighted by Crippen LogP contribution is 2.27. The van der Waals surface area contributed by atoms with Crippen LogP contribution in [0.5, 0.6) is 0 Å². The number of sulfonamides is 1. The Hall–Kier alpha value is -2.26. The van der Waals surface area contributed by atoms with E-state index < -0.39 is 15.3 Å². The summed E-state index contributed by atoms with van der Waals surface area (Å²) in [6.07, 6.45) is -0.107. The van der Waals surface area contributed by atoms with Crippen LogP contribution in [0.1, 0.15) is 12.3 Å². The number of carbonyl (C=O) groups is 1. The zero-order valence-corrected chi connectivity index (χ0v) is 12.6. The zero-order chi connectivity index (χ0) is 15.9. The minimum atomic E-state index is -3.74. The van der Waals surface area contributed by atoms with Gasteiger partial charge in [-0.2, -0.15) is 4.98 Å². The fourth-order valence-electron chi connectivity index (χ4n) is 2.37. The predicted octanol–water partition coefficient (Wildman–Crippen LogP) is 0.439. The van der Waals surface area contributed by atoms with Gasteiger partial charge in [0, 0.05) is 31.1 Å². The summed E-state index contributed by atoms with van der Waals surface area (Å²) in [7, 11) is -3.74. The summed E-state index contributed by atoms with van der Waals surface area (Å²) >= 11 is 0. The molecule has 0 spiro atoms. The molecule has 1 aliphatic rings. The van der Waals surface area contributed by atoms with Crippen molar-refractivity contribution in [3.05, 3.63) is 30.2 Å². The monoisotopic (exact) mass is 322 g/mol. The highest BCUT2D eigenvalue weighted by atomic mass is 32.2. The number of primary sulfonamides is 1. The highest BCUT2D eigenvalue weighted by Gasteiger charge is 2.37. The van der Waals surface area contributed by atoms with E-state index >= 15 is 0 Å². The van der Waals surface area contributed by atoms with Crippen LogP contribution in [0.3, 0.4) is 0 Å². The Labute approximate surface area is 127 Å². The Balaban J connectivity index is 1.91. The summed E-state index contributed by atoms with van der Waals surface area (Å²) in [5.74, 6) is 0.571. The molecule has 3 rings (SSSR count). The molecular weight excluding hydrogens is 308 g/mol. The van der Waals surface area contributed by atoms with Crippen LogP contribution in [0, 0.1) is 6.92 Å². The van der Waals surface area contributed by atoms with Gasteiger partial charge < -0.3 is 9.42 Å². The second-order valence-corrected chi connectivity index (χ2v) is 6.95. The summed E-state index contributed by atoms with van der Waals surface area (Å²) in [5.41, 5.74) is 1.26. The molecule has 2 N–H and O–H groups in total. The third-order valence-corrected chi connectivity index (χ3v) is 4.74. The molecule has 1 aromatic heterocycles. The first-order valence-electron chi connectivity index (χ1n) is 6.57. The maximum absolute atomic E-state index is 12.0. The smallest absolute Gasteiger partial charge is 0.228 e.